The highest BCUT2D eigenvalue weighted by atomic mass is 35.5. The molecular weight excluding hydrogens is 538 g/mol. The molecule has 0 aliphatic carbocycles. The van der Waals surface area contributed by atoms with Crippen LogP contribution in [0.2, 0.25) is 0 Å². The molecule has 0 bridgehead atoms. The molecule has 2 aromatic rings. The molecule has 2 unspecified atom stereocenters. The molecule has 0 saturated carbocycles. The zero-order valence-electron chi connectivity index (χ0n) is 18.0. The molecule has 1 aliphatic heterocycles. The number of aliphatic hydroxyl groups is 1. The number of aromatic nitrogens is 4. The third-order valence-corrected chi connectivity index (χ3v) is 7.74. The topological polar surface area (TPSA) is 250 Å². The number of aliphatic hydroxyl groups excluding tert-OH is 1. The van der Waals surface area contributed by atoms with Crippen molar-refractivity contribution in [3.63, 3.8) is 0 Å². The summed E-state index contributed by atoms with van der Waals surface area (Å²) in [5.74, 6) is -1.73. The molecule has 0 radical (unpaired) electrons. The molecule has 1 saturated heterocycles. The van der Waals surface area contributed by atoms with E-state index in [-0.39, 0.29) is 29.5 Å². The number of nitrogen functional groups attached to an aromatic ring is 1. The third-order valence-electron chi connectivity index (χ3n) is 4.86. The molecule has 3 heterocycles. The van der Waals surface area contributed by atoms with Crippen molar-refractivity contribution in [3.05, 3.63) is 16.7 Å². The van der Waals surface area contributed by atoms with Gasteiger partial charge in [-0.25, -0.2) is 14.1 Å². The maximum atomic E-state index is 12.1. The van der Waals surface area contributed by atoms with E-state index in [1.807, 2.05) is 0 Å². The fourth-order valence-corrected chi connectivity index (χ4v) is 5.33. The molecular formula is C15H23ClN6O11P2. The Hall–Kier alpha value is -1.91. The lowest BCUT2D eigenvalue weighted by Crippen LogP contribution is -2.27. The van der Waals surface area contributed by atoms with Crippen molar-refractivity contribution >= 4 is 50.3 Å². The highest BCUT2D eigenvalue weighted by Crippen LogP contribution is 2.60. The monoisotopic (exact) mass is 560 g/mol. The average molecular weight is 561 g/mol. The number of carbonyl (C=O) groups excluding carboxylic acids is 1. The van der Waals surface area contributed by atoms with E-state index in [9.17, 15) is 33.6 Å². The number of hydrogen-bond donors (Lipinski definition) is 6. The summed E-state index contributed by atoms with van der Waals surface area (Å²) in [5, 5.41) is 12.9. The maximum Gasteiger partial charge on any atom is 0.481 e. The fourth-order valence-electron chi connectivity index (χ4n) is 3.16. The number of nitrogens with two attached hydrogens (primary N) is 1. The summed E-state index contributed by atoms with van der Waals surface area (Å²) in [7, 11) is -10.2. The van der Waals surface area contributed by atoms with Crippen LogP contribution in [-0.4, -0.2) is 78.2 Å². The highest BCUT2D eigenvalue weighted by molar-refractivity contribution is 7.61. The molecule has 20 heteroatoms. The number of rotatable bonds is 11. The first-order valence-corrected chi connectivity index (χ1v) is 13.4. The van der Waals surface area contributed by atoms with Crippen LogP contribution in [0, 0.1) is 5.92 Å². The van der Waals surface area contributed by atoms with Crippen LogP contribution in [0.15, 0.2) is 11.1 Å². The normalized spacial score (nSPS) is 25.9. The molecule has 35 heavy (non-hydrogen) atoms. The van der Waals surface area contributed by atoms with E-state index >= 15 is 0 Å². The lowest BCUT2D eigenvalue weighted by molar-refractivity contribution is -0.118. The van der Waals surface area contributed by atoms with Crippen molar-refractivity contribution in [1.82, 2.24) is 24.8 Å². The number of anilines is 1. The summed E-state index contributed by atoms with van der Waals surface area (Å²) < 4.78 is 44.5. The summed E-state index contributed by atoms with van der Waals surface area (Å²) in [5.41, 5.74) is 4.97. The van der Waals surface area contributed by atoms with Gasteiger partial charge in [-0.15, -0.1) is 11.6 Å². The predicted octanol–water partition coefficient (Wildman–Crippen LogP) is -0.798. The van der Waals surface area contributed by atoms with Crippen LogP contribution in [0.1, 0.15) is 13.2 Å². The minimum atomic E-state index is -5.12. The van der Waals surface area contributed by atoms with Gasteiger partial charge in [0, 0.05) is 12.5 Å². The number of alkyl halides is 1. The van der Waals surface area contributed by atoms with Gasteiger partial charge >= 0.3 is 15.6 Å². The molecule has 196 valence electrons. The largest absolute Gasteiger partial charge is 0.481 e. The molecule has 7 N–H and O–H groups in total. The van der Waals surface area contributed by atoms with Gasteiger partial charge in [0.05, 0.1) is 25.6 Å². The first-order valence-electron chi connectivity index (χ1n) is 9.88. The number of hydrogen-bond acceptors (Lipinski definition) is 12. The minimum absolute atomic E-state index is 0.0424. The Morgan fingerprint density at radius 1 is 1.37 bits per heavy atom. The summed E-state index contributed by atoms with van der Waals surface area (Å²) in [6.45, 7) is 0.202. The van der Waals surface area contributed by atoms with Crippen LogP contribution < -0.4 is 16.6 Å². The van der Waals surface area contributed by atoms with E-state index in [4.69, 9.17) is 26.6 Å². The Kier molecular flexibility index (Phi) is 8.70. The van der Waals surface area contributed by atoms with Crippen LogP contribution >= 0.6 is 27.2 Å². The zero-order valence-corrected chi connectivity index (χ0v) is 20.6. The van der Waals surface area contributed by atoms with Crippen LogP contribution in [-0.2, 0) is 32.0 Å². The van der Waals surface area contributed by atoms with Gasteiger partial charge in [0.25, 0.3) is 5.56 Å². The van der Waals surface area contributed by atoms with Crippen molar-refractivity contribution in [2.45, 2.75) is 25.4 Å². The van der Waals surface area contributed by atoms with Gasteiger partial charge in [-0.05, 0) is 0 Å². The predicted molar refractivity (Wildman–Crippen MR) is 118 cm³/mol. The van der Waals surface area contributed by atoms with Crippen LogP contribution in [0.4, 0.5) is 5.95 Å². The van der Waals surface area contributed by atoms with Gasteiger partial charge in [-0.3, -0.25) is 28.2 Å². The number of aromatic amines is 1. The lowest BCUT2D eigenvalue weighted by atomic mass is 10.0. The van der Waals surface area contributed by atoms with Crippen LogP contribution in [0.5, 0.6) is 0 Å². The van der Waals surface area contributed by atoms with E-state index in [0.717, 1.165) is 0 Å². The Labute approximate surface area is 201 Å². The summed E-state index contributed by atoms with van der Waals surface area (Å²) in [6.07, 6.45) is -2.06. The summed E-state index contributed by atoms with van der Waals surface area (Å²) in [6, 6.07) is 0. The van der Waals surface area contributed by atoms with Crippen LogP contribution in [0.3, 0.4) is 0 Å². The number of amides is 1. The molecule has 3 rings (SSSR count). The molecule has 2 aromatic heterocycles. The smallest absolute Gasteiger partial charge is 0.388 e. The molecule has 17 nitrogen and oxygen atoms in total. The molecule has 1 aliphatic rings. The average Bonchev–Trinajstić information content (AvgIpc) is 3.30. The molecule has 1 amide bonds. The number of imidazole rings is 1. The number of H-pyrrole nitrogens is 1. The number of phosphoric acid groups is 2. The number of nitrogens with one attached hydrogen (secondary N) is 2. The molecule has 0 aromatic carbocycles. The van der Waals surface area contributed by atoms with Crippen molar-refractivity contribution in [2.24, 2.45) is 5.92 Å². The highest BCUT2D eigenvalue weighted by Gasteiger charge is 2.44. The van der Waals surface area contributed by atoms with Gasteiger partial charge in [0.1, 0.15) is 12.0 Å². The lowest BCUT2D eigenvalue weighted by Gasteiger charge is -2.19. The number of carbonyl (C=O) groups is 1. The van der Waals surface area contributed by atoms with Gasteiger partial charge in [0.15, 0.2) is 17.4 Å². The molecule has 1 fully saturated rings. The third kappa shape index (κ3) is 6.86. The number of phosphoric ester groups is 2. The first kappa shape index (κ1) is 27.7. The van der Waals surface area contributed by atoms with Crippen molar-refractivity contribution in [1.29, 1.82) is 0 Å². The second kappa shape index (κ2) is 11.0. The number of ether oxygens (including phenoxy) is 1. The Morgan fingerprint density at radius 3 is 2.74 bits per heavy atom. The molecule has 0 spiro atoms. The van der Waals surface area contributed by atoms with Crippen molar-refractivity contribution < 1.29 is 46.9 Å². The first-order chi connectivity index (χ1) is 16.3. The van der Waals surface area contributed by atoms with E-state index < -0.39 is 64.7 Å². The van der Waals surface area contributed by atoms with E-state index in [0.29, 0.717) is 0 Å². The Balaban J connectivity index is 1.60. The van der Waals surface area contributed by atoms with E-state index in [1.54, 1.807) is 6.92 Å². The van der Waals surface area contributed by atoms with Gasteiger partial charge in [-0.1, -0.05) is 6.92 Å². The number of fused-ring (bicyclic) bond motifs is 1. The second-order valence-corrected chi connectivity index (χ2v) is 10.6. The quantitative estimate of drug-likeness (QED) is 0.112. The standard InChI is InChI=1S/C15H23ClN6O11P2/c1-7-8(5-31-35(28,29)33-34(26,27)30-3-2-18-9(23)4-16)32-14(11(7)24)22-6-19-10-12(22)20-15(17)21-13(10)25/h6-8,11,14,24H,2-5H2,1H3,(H,18,23)(H,26,27)(H,28,29)(H3,17,20,21,25)/t7-,8-,11-,14-/m1/s1. The van der Waals surface area contributed by atoms with Gasteiger partial charge in [-0.2, -0.15) is 9.29 Å². The number of halogens is 1. The number of nitrogens with zero attached hydrogens (tertiary/aromatic N) is 3. The van der Waals surface area contributed by atoms with E-state index in [2.05, 4.69) is 29.1 Å². The SMILES string of the molecule is C[C@H]1[C@@H](O)[C@H](n2cnc3c(=O)[nH]c(N)nc32)O[C@@H]1COP(=O)(O)OP(=O)(O)OCCNC(=O)CCl. The zero-order chi connectivity index (χ0) is 26.0. The summed E-state index contributed by atoms with van der Waals surface area (Å²) in [4.78, 5) is 52.6. The van der Waals surface area contributed by atoms with E-state index in [1.165, 1.54) is 10.9 Å². The van der Waals surface area contributed by atoms with Crippen molar-refractivity contribution in [3.8, 4) is 0 Å². The molecule has 6 atom stereocenters. The van der Waals surface area contributed by atoms with Crippen molar-refractivity contribution in [2.75, 3.05) is 31.4 Å². The van der Waals surface area contributed by atoms with Gasteiger partial charge in [0.2, 0.25) is 11.9 Å². The Morgan fingerprint density at radius 2 is 2.06 bits per heavy atom. The van der Waals surface area contributed by atoms with Crippen LogP contribution in [0.25, 0.3) is 11.2 Å². The Bertz CT molecular complexity index is 1220. The minimum Gasteiger partial charge on any atom is -0.388 e. The second-order valence-electron chi connectivity index (χ2n) is 7.32. The maximum absolute atomic E-state index is 12.1. The van der Waals surface area contributed by atoms with Gasteiger partial charge < -0.3 is 30.7 Å². The fraction of sp³-hybridized carbons (Fsp3) is 0.600. The summed E-state index contributed by atoms with van der Waals surface area (Å²) >= 11 is 5.27.